The summed E-state index contributed by atoms with van der Waals surface area (Å²) in [5, 5.41) is 6.51. The van der Waals surface area contributed by atoms with E-state index in [1.165, 1.54) is 11.3 Å². The number of carbonyl (C=O) groups excluding carboxylic acids is 3. The van der Waals surface area contributed by atoms with Gasteiger partial charge >= 0.3 is 5.97 Å². The Morgan fingerprint density at radius 3 is 2.62 bits per heavy atom. The van der Waals surface area contributed by atoms with Gasteiger partial charge in [0.15, 0.2) is 11.5 Å². The Labute approximate surface area is 172 Å². The first kappa shape index (κ1) is 21.4. The summed E-state index contributed by atoms with van der Waals surface area (Å²) in [7, 11) is 0. The molecule has 2 fully saturated rings. The molecule has 29 heavy (non-hydrogen) atoms. The molecule has 3 rings (SSSR count). The number of carbonyl (C=O) groups is 3. The maximum absolute atomic E-state index is 12.9. The van der Waals surface area contributed by atoms with Crippen LogP contribution >= 0.6 is 11.3 Å². The smallest absolute Gasteiger partial charge is 0.353 e. The van der Waals surface area contributed by atoms with Gasteiger partial charge in [-0.25, -0.2) is 15.3 Å². The van der Waals surface area contributed by atoms with Crippen molar-refractivity contribution >= 4 is 34.7 Å². The van der Waals surface area contributed by atoms with E-state index in [1.807, 2.05) is 6.92 Å². The minimum Gasteiger partial charge on any atom is -0.457 e. The van der Waals surface area contributed by atoms with Gasteiger partial charge in [-0.05, 0) is 34.1 Å². The van der Waals surface area contributed by atoms with E-state index in [0.717, 1.165) is 11.4 Å². The molecular formula is C19H25N3O6S. The molecule has 1 aromatic heterocycles. The quantitative estimate of drug-likeness (QED) is 0.405. The van der Waals surface area contributed by atoms with E-state index in [9.17, 15) is 14.4 Å². The molecule has 0 unspecified atom stereocenters. The molecule has 2 heterocycles. The third-order valence-corrected chi connectivity index (χ3v) is 5.40. The molecular weight excluding hydrogens is 398 g/mol. The van der Waals surface area contributed by atoms with E-state index in [1.54, 1.807) is 26.2 Å². The monoisotopic (exact) mass is 423 g/mol. The van der Waals surface area contributed by atoms with E-state index in [4.69, 9.17) is 14.4 Å². The number of esters is 1. The Balaban J connectivity index is 1.81. The number of thiazole rings is 1. The molecule has 1 atom stereocenters. The van der Waals surface area contributed by atoms with Crippen LogP contribution in [0.5, 0.6) is 0 Å². The lowest BCUT2D eigenvalue weighted by Gasteiger charge is -2.38. The number of oxime groups is 1. The maximum Gasteiger partial charge on any atom is 0.353 e. The van der Waals surface area contributed by atoms with Crippen LogP contribution in [0.15, 0.2) is 10.5 Å². The molecule has 9 nitrogen and oxygen atoms in total. The van der Waals surface area contributed by atoms with Crippen molar-refractivity contribution in [1.29, 1.82) is 0 Å². The van der Waals surface area contributed by atoms with Crippen molar-refractivity contribution in [2.75, 3.05) is 6.61 Å². The van der Waals surface area contributed by atoms with Crippen molar-refractivity contribution in [3.05, 3.63) is 16.1 Å². The van der Waals surface area contributed by atoms with Crippen LogP contribution in [0.3, 0.4) is 0 Å². The summed E-state index contributed by atoms with van der Waals surface area (Å²) in [6, 6.07) is 0. The minimum absolute atomic E-state index is 0.0103. The number of hydrogen-bond acceptors (Lipinski definition) is 9. The first-order chi connectivity index (χ1) is 13.6. The van der Waals surface area contributed by atoms with E-state index in [2.05, 4.69) is 15.6 Å². The molecule has 0 spiro atoms. The second kappa shape index (κ2) is 8.19. The summed E-state index contributed by atoms with van der Waals surface area (Å²) in [5.74, 6) is -1.85. The fourth-order valence-corrected chi connectivity index (χ4v) is 3.49. The standard InChI is InChI=1S/C19H25N3O6S/c1-11-20-13(10-29-11)15(14(23)8-12-9-26-22-16(12)24)21-28-19(6-5-7-19)17(25)27-18(2,3)4/h10,12H,5-9H2,1-4H3,(H,22,24)/b21-15-/t12-/m0/s1. The number of nitrogens with zero attached hydrogens (tertiary/aromatic N) is 2. The van der Waals surface area contributed by atoms with Crippen molar-refractivity contribution in [3.8, 4) is 0 Å². The summed E-state index contributed by atoms with van der Waals surface area (Å²) >= 11 is 1.37. The summed E-state index contributed by atoms with van der Waals surface area (Å²) in [5.41, 5.74) is 0.722. The Kier molecular flexibility index (Phi) is 6.04. The van der Waals surface area contributed by atoms with Crippen LogP contribution in [-0.2, 0) is 28.8 Å². The van der Waals surface area contributed by atoms with Gasteiger partial charge < -0.3 is 9.57 Å². The lowest BCUT2D eigenvalue weighted by molar-refractivity contribution is -0.196. The molecule has 0 bridgehead atoms. The fourth-order valence-electron chi connectivity index (χ4n) is 2.89. The predicted octanol–water partition coefficient (Wildman–Crippen LogP) is 2.07. The number of ether oxygens (including phenoxy) is 1. The average Bonchev–Trinajstić information content (AvgIpc) is 3.17. The van der Waals surface area contributed by atoms with Gasteiger partial charge in [0.25, 0.3) is 0 Å². The number of rotatable bonds is 7. The Bertz CT molecular complexity index is 837. The van der Waals surface area contributed by atoms with Crippen molar-refractivity contribution in [2.24, 2.45) is 11.1 Å². The van der Waals surface area contributed by atoms with Gasteiger partial charge in [-0.2, -0.15) is 0 Å². The summed E-state index contributed by atoms with van der Waals surface area (Å²) in [4.78, 5) is 52.1. The summed E-state index contributed by atoms with van der Waals surface area (Å²) in [6.45, 7) is 7.26. The Morgan fingerprint density at radius 2 is 2.14 bits per heavy atom. The molecule has 1 saturated carbocycles. The zero-order valence-electron chi connectivity index (χ0n) is 16.9. The highest BCUT2D eigenvalue weighted by Crippen LogP contribution is 2.38. The number of aryl methyl sites for hydroxylation is 1. The SMILES string of the molecule is Cc1nc(/C(=N/OC2(C(=O)OC(C)(C)C)CCC2)C(=O)C[C@H]2CONC2=O)cs1. The number of nitrogens with one attached hydrogen (secondary N) is 1. The van der Waals surface area contributed by atoms with Gasteiger partial charge in [0.1, 0.15) is 11.3 Å². The van der Waals surface area contributed by atoms with Crippen molar-refractivity contribution in [2.45, 2.75) is 64.6 Å². The number of hydrogen-bond donors (Lipinski definition) is 1. The third kappa shape index (κ3) is 4.99. The molecule has 0 radical (unpaired) electrons. The van der Waals surface area contributed by atoms with Crippen LogP contribution in [0.1, 0.15) is 57.2 Å². The highest BCUT2D eigenvalue weighted by atomic mass is 32.1. The zero-order chi connectivity index (χ0) is 21.2. The molecule has 1 aliphatic heterocycles. The number of hydroxylamine groups is 1. The van der Waals surface area contributed by atoms with Gasteiger partial charge in [0.05, 0.1) is 17.5 Å². The molecule has 1 N–H and O–H groups in total. The lowest BCUT2D eigenvalue weighted by atomic mass is 9.80. The normalized spacial score (nSPS) is 21.3. The second-order valence-electron chi connectivity index (χ2n) is 8.23. The molecule has 1 saturated heterocycles. The van der Waals surface area contributed by atoms with Gasteiger partial charge in [-0.1, -0.05) is 5.16 Å². The van der Waals surface area contributed by atoms with Crippen LogP contribution in [0.2, 0.25) is 0 Å². The molecule has 1 aromatic rings. The number of ketones is 1. The van der Waals surface area contributed by atoms with Crippen LogP contribution in [-0.4, -0.2) is 46.2 Å². The molecule has 0 aromatic carbocycles. The zero-order valence-corrected chi connectivity index (χ0v) is 17.8. The molecule has 158 valence electrons. The summed E-state index contributed by atoms with van der Waals surface area (Å²) < 4.78 is 5.47. The maximum atomic E-state index is 12.9. The highest BCUT2D eigenvalue weighted by Gasteiger charge is 2.50. The lowest BCUT2D eigenvalue weighted by Crippen LogP contribution is -2.50. The largest absolute Gasteiger partial charge is 0.457 e. The highest BCUT2D eigenvalue weighted by molar-refractivity contribution is 7.09. The van der Waals surface area contributed by atoms with Crippen LogP contribution < -0.4 is 5.48 Å². The van der Waals surface area contributed by atoms with E-state index < -0.39 is 28.9 Å². The van der Waals surface area contributed by atoms with Gasteiger partial charge in [-0.3, -0.25) is 14.4 Å². The van der Waals surface area contributed by atoms with Gasteiger partial charge in [0.2, 0.25) is 11.5 Å². The summed E-state index contributed by atoms with van der Waals surface area (Å²) in [6.07, 6.45) is 1.63. The molecule has 1 amide bonds. The second-order valence-corrected chi connectivity index (χ2v) is 9.30. The minimum atomic E-state index is -1.20. The van der Waals surface area contributed by atoms with Crippen molar-refractivity contribution in [1.82, 2.24) is 10.5 Å². The third-order valence-electron chi connectivity index (χ3n) is 4.63. The average molecular weight is 423 g/mol. The van der Waals surface area contributed by atoms with E-state index in [-0.39, 0.29) is 24.6 Å². The first-order valence-electron chi connectivity index (χ1n) is 9.47. The van der Waals surface area contributed by atoms with Crippen LogP contribution in [0.25, 0.3) is 0 Å². The predicted molar refractivity (Wildman–Crippen MR) is 104 cm³/mol. The van der Waals surface area contributed by atoms with E-state index in [0.29, 0.717) is 18.5 Å². The Hall–Kier alpha value is -2.33. The molecule has 1 aliphatic carbocycles. The molecule has 2 aliphatic rings. The van der Waals surface area contributed by atoms with Gasteiger partial charge in [-0.15, -0.1) is 11.3 Å². The molecule has 10 heteroatoms. The number of amides is 1. The number of Topliss-reactive ketones (excluding diaryl/α,β-unsaturated/α-hetero) is 1. The Morgan fingerprint density at radius 1 is 1.41 bits per heavy atom. The fraction of sp³-hybridized carbons (Fsp3) is 0.632. The van der Waals surface area contributed by atoms with Crippen LogP contribution in [0.4, 0.5) is 0 Å². The van der Waals surface area contributed by atoms with Crippen molar-refractivity contribution < 1.29 is 28.8 Å². The number of aromatic nitrogens is 1. The topological polar surface area (TPSA) is 116 Å². The van der Waals surface area contributed by atoms with E-state index >= 15 is 0 Å². The van der Waals surface area contributed by atoms with Gasteiger partial charge in [0, 0.05) is 24.6 Å². The van der Waals surface area contributed by atoms with Crippen LogP contribution in [0, 0.1) is 12.8 Å². The van der Waals surface area contributed by atoms with Crippen molar-refractivity contribution in [3.63, 3.8) is 0 Å². The first-order valence-corrected chi connectivity index (χ1v) is 10.3.